The number of ether oxygens (including phenoxy) is 1. The maximum atomic E-state index is 6.15. The molecule has 6 heteroatoms. The molecule has 0 amide bonds. The van der Waals surface area contributed by atoms with Crippen LogP contribution in [0.2, 0.25) is 0 Å². The van der Waals surface area contributed by atoms with E-state index in [1.807, 2.05) is 24.3 Å². The van der Waals surface area contributed by atoms with E-state index < -0.39 is 0 Å². The zero-order valence-electron chi connectivity index (χ0n) is 15.0. The number of aromatic nitrogens is 4. The number of hydrogen-bond donors (Lipinski definition) is 1. The van der Waals surface area contributed by atoms with E-state index in [9.17, 15) is 0 Å². The van der Waals surface area contributed by atoms with E-state index in [4.69, 9.17) is 20.4 Å². The molecule has 1 aromatic carbocycles. The van der Waals surface area contributed by atoms with Gasteiger partial charge < -0.3 is 10.5 Å². The predicted octanol–water partition coefficient (Wildman–Crippen LogP) is 3.49. The van der Waals surface area contributed by atoms with Crippen molar-refractivity contribution in [2.75, 3.05) is 18.9 Å². The van der Waals surface area contributed by atoms with Crippen LogP contribution in [0.25, 0.3) is 28.2 Å². The number of pyridine rings is 2. The van der Waals surface area contributed by atoms with Gasteiger partial charge in [0.15, 0.2) is 11.5 Å². The summed E-state index contributed by atoms with van der Waals surface area (Å²) >= 11 is 0. The SMILES string of the molecule is Cc1ccc(-n2c(-c3cccnc3N)nc3ccc(C4COC4)nc32)cc1. The van der Waals surface area contributed by atoms with E-state index >= 15 is 0 Å². The molecule has 0 bridgehead atoms. The molecule has 5 rings (SSSR count). The van der Waals surface area contributed by atoms with Gasteiger partial charge in [0.1, 0.15) is 11.3 Å². The van der Waals surface area contributed by atoms with Crippen LogP contribution in [0.5, 0.6) is 0 Å². The van der Waals surface area contributed by atoms with E-state index in [-0.39, 0.29) is 0 Å². The molecule has 134 valence electrons. The molecule has 0 radical (unpaired) electrons. The maximum absolute atomic E-state index is 6.15. The normalized spacial score (nSPS) is 14.4. The lowest BCUT2D eigenvalue weighted by molar-refractivity contribution is 0.00682. The Balaban J connectivity index is 1.79. The highest BCUT2D eigenvalue weighted by molar-refractivity contribution is 5.82. The average molecular weight is 357 g/mol. The molecule has 3 aromatic heterocycles. The molecule has 4 aromatic rings. The van der Waals surface area contributed by atoms with Gasteiger partial charge in [-0.2, -0.15) is 0 Å². The number of nitrogens with zero attached hydrogens (tertiary/aromatic N) is 4. The molecule has 0 atom stereocenters. The molecular formula is C21H19N5O. The molecule has 0 unspecified atom stereocenters. The smallest absolute Gasteiger partial charge is 0.165 e. The third-order valence-electron chi connectivity index (χ3n) is 4.95. The number of fused-ring (bicyclic) bond motifs is 1. The van der Waals surface area contributed by atoms with Gasteiger partial charge in [-0.1, -0.05) is 17.7 Å². The lowest BCUT2D eigenvalue weighted by Crippen LogP contribution is -2.26. The Morgan fingerprint density at radius 1 is 1.04 bits per heavy atom. The third kappa shape index (κ3) is 2.65. The van der Waals surface area contributed by atoms with Crippen molar-refractivity contribution in [2.24, 2.45) is 0 Å². The Bertz CT molecular complexity index is 1130. The maximum Gasteiger partial charge on any atom is 0.165 e. The summed E-state index contributed by atoms with van der Waals surface area (Å²) in [5.74, 6) is 1.55. The van der Waals surface area contributed by atoms with Crippen LogP contribution in [0.1, 0.15) is 17.2 Å². The Kier molecular flexibility index (Phi) is 3.65. The fourth-order valence-corrected chi connectivity index (χ4v) is 3.33. The molecular weight excluding hydrogens is 338 g/mol. The Labute approximate surface area is 156 Å². The first-order valence-electron chi connectivity index (χ1n) is 8.96. The van der Waals surface area contributed by atoms with Crippen LogP contribution >= 0.6 is 0 Å². The minimum Gasteiger partial charge on any atom is -0.383 e. The molecule has 4 heterocycles. The zero-order chi connectivity index (χ0) is 18.4. The number of benzene rings is 1. The summed E-state index contributed by atoms with van der Waals surface area (Å²) in [5.41, 5.74) is 11.8. The van der Waals surface area contributed by atoms with Crippen LogP contribution in [-0.2, 0) is 4.74 Å². The van der Waals surface area contributed by atoms with Gasteiger partial charge in [0, 0.05) is 17.8 Å². The van der Waals surface area contributed by atoms with E-state index in [0.29, 0.717) is 11.7 Å². The van der Waals surface area contributed by atoms with Crippen molar-refractivity contribution in [2.45, 2.75) is 12.8 Å². The monoisotopic (exact) mass is 357 g/mol. The fraction of sp³-hybridized carbons (Fsp3) is 0.190. The van der Waals surface area contributed by atoms with Gasteiger partial charge in [-0.15, -0.1) is 0 Å². The van der Waals surface area contributed by atoms with Crippen molar-refractivity contribution in [1.82, 2.24) is 19.5 Å². The number of anilines is 1. The summed E-state index contributed by atoms with van der Waals surface area (Å²) in [6, 6.07) is 16.2. The minimum atomic E-state index is 0.350. The second-order valence-electron chi connectivity index (χ2n) is 6.86. The van der Waals surface area contributed by atoms with Crippen molar-refractivity contribution in [3.8, 4) is 17.1 Å². The lowest BCUT2D eigenvalue weighted by Gasteiger charge is -2.25. The zero-order valence-corrected chi connectivity index (χ0v) is 15.0. The average Bonchev–Trinajstić information content (AvgIpc) is 3.00. The van der Waals surface area contributed by atoms with Gasteiger partial charge in [-0.25, -0.2) is 15.0 Å². The van der Waals surface area contributed by atoms with Gasteiger partial charge in [0.25, 0.3) is 0 Å². The van der Waals surface area contributed by atoms with E-state index in [2.05, 4.69) is 40.7 Å². The standard InChI is InChI=1S/C21H19N5O/c1-13-4-6-15(7-5-13)26-20(16-3-2-10-23-19(16)22)25-18-9-8-17(24-21(18)26)14-11-27-12-14/h2-10,14H,11-12H2,1H3,(H2,22,23). The number of rotatable bonds is 3. The highest BCUT2D eigenvalue weighted by Gasteiger charge is 2.24. The van der Waals surface area contributed by atoms with Crippen LogP contribution < -0.4 is 5.73 Å². The highest BCUT2D eigenvalue weighted by Crippen LogP contribution is 2.32. The van der Waals surface area contributed by atoms with Gasteiger partial charge in [-0.05, 0) is 43.3 Å². The summed E-state index contributed by atoms with van der Waals surface area (Å²) in [7, 11) is 0. The molecule has 1 saturated heterocycles. The van der Waals surface area contributed by atoms with E-state index in [1.165, 1.54) is 5.56 Å². The summed E-state index contributed by atoms with van der Waals surface area (Å²) in [5, 5.41) is 0. The summed E-state index contributed by atoms with van der Waals surface area (Å²) < 4.78 is 7.39. The first kappa shape index (κ1) is 16.0. The van der Waals surface area contributed by atoms with Crippen LogP contribution in [0.15, 0.2) is 54.7 Å². The van der Waals surface area contributed by atoms with Crippen molar-refractivity contribution < 1.29 is 4.74 Å². The Morgan fingerprint density at radius 3 is 2.56 bits per heavy atom. The highest BCUT2D eigenvalue weighted by atomic mass is 16.5. The quantitative estimate of drug-likeness (QED) is 0.607. The van der Waals surface area contributed by atoms with Crippen LogP contribution in [0, 0.1) is 6.92 Å². The molecule has 6 nitrogen and oxygen atoms in total. The molecule has 0 spiro atoms. The fourth-order valence-electron chi connectivity index (χ4n) is 3.33. The molecule has 0 aliphatic carbocycles. The molecule has 1 aliphatic rings. The van der Waals surface area contributed by atoms with E-state index in [0.717, 1.165) is 47.1 Å². The third-order valence-corrected chi connectivity index (χ3v) is 4.95. The number of nitrogen functional groups attached to an aromatic ring is 1. The van der Waals surface area contributed by atoms with Gasteiger partial charge >= 0.3 is 0 Å². The molecule has 27 heavy (non-hydrogen) atoms. The molecule has 2 N–H and O–H groups in total. The van der Waals surface area contributed by atoms with Crippen molar-refractivity contribution >= 4 is 17.0 Å². The van der Waals surface area contributed by atoms with Gasteiger partial charge in [0.2, 0.25) is 0 Å². The summed E-state index contributed by atoms with van der Waals surface area (Å²) in [6.45, 7) is 3.52. The second kappa shape index (κ2) is 6.17. The minimum absolute atomic E-state index is 0.350. The van der Waals surface area contributed by atoms with Crippen molar-refractivity contribution in [3.05, 3.63) is 66.0 Å². The summed E-state index contributed by atoms with van der Waals surface area (Å²) in [4.78, 5) is 14.0. The van der Waals surface area contributed by atoms with Gasteiger partial charge in [-0.3, -0.25) is 4.57 Å². The summed E-state index contributed by atoms with van der Waals surface area (Å²) in [6.07, 6.45) is 1.69. The number of nitrogens with two attached hydrogens (primary N) is 1. The molecule has 0 saturated carbocycles. The van der Waals surface area contributed by atoms with Gasteiger partial charge in [0.05, 0.1) is 24.5 Å². The van der Waals surface area contributed by atoms with E-state index in [1.54, 1.807) is 6.20 Å². The molecule has 1 fully saturated rings. The number of hydrogen-bond acceptors (Lipinski definition) is 5. The predicted molar refractivity (Wildman–Crippen MR) is 105 cm³/mol. The first-order chi connectivity index (χ1) is 13.2. The lowest BCUT2D eigenvalue weighted by atomic mass is 10.0. The van der Waals surface area contributed by atoms with Crippen molar-refractivity contribution in [1.29, 1.82) is 0 Å². The largest absolute Gasteiger partial charge is 0.383 e. The van der Waals surface area contributed by atoms with Crippen LogP contribution in [0.4, 0.5) is 5.82 Å². The number of imidazole rings is 1. The second-order valence-corrected chi connectivity index (χ2v) is 6.86. The molecule has 1 aliphatic heterocycles. The number of aryl methyl sites for hydroxylation is 1. The van der Waals surface area contributed by atoms with Crippen molar-refractivity contribution in [3.63, 3.8) is 0 Å². The Morgan fingerprint density at radius 2 is 1.85 bits per heavy atom. The topological polar surface area (TPSA) is 78.9 Å². The van der Waals surface area contributed by atoms with Crippen LogP contribution in [-0.4, -0.2) is 32.7 Å². The first-order valence-corrected chi connectivity index (χ1v) is 8.96. The Hall–Kier alpha value is -3.25. The van der Waals surface area contributed by atoms with Crippen LogP contribution in [0.3, 0.4) is 0 Å².